The summed E-state index contributed by atoms with van der Waals surface area (Å²) in [7, 11) is 4.33. The van der Waals surface area contributed by atoms with Gasteiger partial charge in [0.15, 0.2) is 0 Å². The van der Waals surface area contributed by atoms with Crippen molar-refractivity contribution in [3.63, 3.8) is 0 Å². The first-order valence-electron chi connectivity index (χ1n) is 6.82. The zero-order valence-electron chi connectivity index (χ0n) is 11.8. The monoisotopic (exact) mass is 245 g/mol. The van der Waals surface area contributed by atoms with E-state index in [1.165, 1.54) is 23.7 Å². The molecule has 1 saturated carbocycles. The number of hydrogen-bond donors (Lipinski definition) is 0. The molecular weight excluding hydrogens is 222 g/mol. The summed E-state index contributed by atoms with van der Waals surface area (Å²) in [4.78, 5) is 6.47. The summed E-state index contributed by atoms with van der Waals surface area (Å²) < 4.78 is 2.40. The van der Waals surface area contributed by atoms with Gasteiger partial charge in [-0.05, 0) is 39.1 Å². The predicted molar refractivity (Wildman–Crippen MR) is 76.8 cm³/mol. The fourth-order valence-corrected chi connectivity index (χ4v) is 2.53. The molecule has 0 saturated heterocycles. The van der Waals surface area contributed by atoms with E-state index in [0.717, 1.165) is 6.04 Å². The van der Waals surface area contributed by atoms with Gasteiger partial charge in [-0.1, -0.05) is 13.8 Å². The Bertz CT molecular complexity index is 495. The Morgan fingerprint density at radius 3 is 2.61 bits per heavy atom. The molecule has 3 nitrogen and oxygen atoms in total. The summed E-state index contributed by atoms with van der Waals surface area (Å²) in [6, 6.07) is 5.69. The largest absolute Gasteiger partial charge is 0.344 e. The van der Waals surface area contributed by atoms with Crippen LogP contribution in [0.5, 0.6) is 0 Å². The third-order valence-electron chi connectivity index (χ3n) is 3.73. The Hall–Kier alpha value is -1.35. The Morgan fingerprint density at radius 1 is 1.22 bits per heavy atom. The van der Waals surface area contributed by atoms with Crippen LogP contribution in [0.1, 0.15) is 32.7 Å². The van der Waals surface area contributed by atoms with Crippen LogP contribution in [-0.2, 0) is 0 Å². The molecule has 3 heteroatoms. The number of rotatable bonds is 2. The number of fused-ring (bicyclic) bond motifs is 1. The molecule has 98 valence electrons. The highest BCUT2D eigenvalue weighted by atomic mass is 15.1. The van der Waals surface area contributed by atoms with Gasteiger partial charge in [-0.25, -0.2) is 0 Å². The van der Waals surface area contributed by atoms with Gasteiger partial charge in [0, 0.05) is 36.1 Å². The number of nitrogens with zero attached hydrogens (tertiary/aromatic N) is 3. The normalized spacial score (nSPS) is 22.5. The van der Waals surface area contributed by atoms with Crippen molar-refractivity contribution in [1.29, 1.82) is 0 Å². The maximum Gasteiger partial charge on any atom is 0.0513 e. The van der Waals surface area contributed by atoms with Crippen molar-refractivity contribution in [2.24, 2.45) is 0 Å². The smallest absolute Gasteiger partial charge is 0.0513 e. The van der Waals surface area contributed by atoms with Gasteiger partial charge in [0.2, 0.25) is 0 Å². The van der Waals surface area contributed by atoms with Crippen molar-refractivity contribution >= 4 is 10.9 Å². The van der Waals surface area contributed by atoms with Gasteiger partial charge in [-0.3, -0.25) is 4.98 Å². The Kier molecular flexibility index (Phi) is 4.02. The molecule has 0 atom stereocenters. The SMILES string of the molecule is CC.CN(C)C1CC(n2ccc3cnccc32)C1. The topological polar surface area (TPSA) is 21.1 Å². The van der Waals surface area contributed by atoms with Gasteiger partial charge in [0.1, 0.15) is 0 Å². The van der Waals surface area contributed by atoms with E-state index in [4.69, 9.17) is 0 Å². The molecule has 0 bridgehead atoms. The van der Waals surface area contributed by atoms with E-state index < -0.39 is 0 Å². The highest BCUT2D eigenvalue weighted by Gasteiger charge is 2.31. The number of aromatic nitrogens is 2. The van der Waals surface area contributed by atoms with Gasteiger partial charge in [-0.2, -0.15) is 0 Å². The molecule has 18 heavy (non-hydrogen) atoms. The van der Waals surface area contributed by atoms with Gasteiger partial charge >= 0.3 is 0 Å². The Balaban J connectivity index is 0.000000574. The van der Waals surface area contributed by atoms with Gasteiger partial charge in [-0.15, -0.1) is 0 Å². The lowest BCUT2D eigenvalue weighted by Crippen LogP contribution is -2.41. The minimum Gasteiger partial charge on any atom is -0.344 e. The molecule has 2 heterocycles. The second kappa shape index (κ2) is 5.53. The van der Waals surface area contributed by atoms with Crippen LogP contribution in [0.15, 0.2) is 30.7 Å². The first-order chi connectivity index (χ1) is 8.75. The van der Waals surface area contributed by atoms with Crippen LogP contribution in [0.4, 0.5) is 0 Å². The molecule has 0 N–H and O–H groups in total. The molecule has 1 aliphatic rings. The van der Waals surface area contributed by atoms with Gasteiger partial charge in [0.05, 0.1) is 5.52 Å². The van der Waals surface area contributed by atoms with Crippen molar-refractivity contribution in [3.05, 3.63) is 30.7 Å². The van der Waals surface area contributed by atoms with Crippen molar-refractivity contribution in [1.82, 2.24) is 14.5 Å². The average molecular weight is 245 g/mol. The summed E-state index contributed by atoms with van der Waals surface area (Å²) >= 11 is 0. The molecule has 2 aromatic rings. The van der Waals surface area contributed by atoms with Crippen molar-refractivity contribution < 1.29 is 0 Å². The van der Waals surface area contributed by atoms with Crippen LogP contribution in [-0.4, -0.2) is 34.6 Å². The fraction of sp³-hybridized carbons (Fsp3) is 0.533. The van der Waals surface area contributed by atoms with Crippen LogP contribution < -0.4 is 0 Å². The van der Waals surface area contributed by atoms with Crippen LogP contribution in [0, 0.1) is 0 Å². The zero-order valence-corrected chi connectivity index (χ0v) is 11.8. The lowest BCUT2D eigenvalue weighted by atomic mass is 9.85. The summed E-state index contributed by atoms with van der Waals surface area (Å²) in [5, 5.41) is 1.25. The van der Waals surface area contributed by atoms with Gasteiger partial charge in [0.25, 0.3) is 0 Å². The fourth-order valence-electron chi connectivity index (χ4n) is 2.53. The molecule has 0 amide bonds. The molecule has 1 fully saturated rings. The first kappa shape index (κ1) is 13.1. The lowest BCUT2D eigenvalue weighted by Gasteiger charge is -2.40. The molecule has 0 unspecified atom stereocenters. The molecule has 0 aliphatic heterocycles. The van der Waals surface area contributed by atoms with Crippen LogP contribution in [0.2, 0.25) is 0 Å². The third-order valence-corrected chi connectivity index (χ3v) is 3.73. The van der Waals surface area contributed by atoms with E-state index in [-0.39, 0.29) is 0 Å². The van der Waals surface area contributed by atoms with Crippen LogP contribution in [0.3, 0.4) is 0 Å². The molecule has 0 aromatic carbocycles. The molecule has 3 rings (SSSR count). The number of hydrogen-bond acceptors (Lipinski definition) is 2. The molecule has 0 radical (unpaired) electrons. The van der Waals surface area contributed by atoms with Crippen molar-refractivity contribution in [2.45, 2.75) is 38.8 Å². The number of pyridine rings is 1. The minimum absolute atomic E-state index is 0.673. The summed E-state index contributed by atoms with van der Waals surface area (Å²) in [5.41, 5.74) is 1.32. The molecule has 2 aromatic heterocycles. The second-order valence-electron chi connectivity index (χ2n) is 4.90. The van der Waals surface area contributed by atoms with E-state index in [0.29, 0.717) is 6.04 Å². The summed E-state index contributed by atoms with van der Waals surface area (Å²) in [6.07, 6.45) is 8.54. The Labute approximate surface area is 109 Å². The highest BCUT2D eigenvalue weighted by molar-refractivity contribution is 5.79. The molecular formula is C15H23N3. The van der Waals surface area contributed by atoms with E-state index in [1.807, 2.05) is 26.2 Å². The summed E-state index contributed by atoms with van der Waals surface area (Å²) in [5.74, 6) is 0. The predicted octanol–water partition coefficient (Wildman–Crippen LogP) is 3.33. The third kappa shape index (κ3) is 2.27. The van der Waals surface area contributed by atoms with Crippen LogP contribution >= 0.6 is 0 Å². The van der Waals surface area contributed by atoms with Crippen molar-refractivity contribution in [2.75, 3.05) is 14.1 Å². The Morgan fingerprint density at radius 2 is 1.94 bits per heavy atom. The lowest BCUT2D eigenvalue weighted by molar-refractivity contribution is 0.132. The van der Waals surface area contributed by atoms with E-state index in [1.54, 1.807) is 0 Å². The van der Waals surface area contributed by atoms with Crippen molar-refractivity contribution in [3.8, 4) is 0 Å². The maximum atomic E-state index is 4.15. The second-order valence-corrected chi connectivity index (χ2v) is 4.90. The first-order valence-corrected chi connectivity index (χ1v) is 6.82. The zero-order chi connectivity index (χ0) is 13.1. The quantitative estimate of drug-likeness (QED) is 0.809. The minimum atomic E-state index is 0.673. The van der Waals surface area contributed by atoms with E-state index in [9.17, 15) is 0 Å². The van der Waals surface area contributed by atoms with E-state index >= 15 is 0 Å². The standard InChI is InChI=1S/C13H17N3.C2H6/c1-15(2)11-7-12(8-11)16-6-4-10-9-14-5-3-13(10)16;1-2/h3-6,9,11-12H,7-8H2,1-2H3;1-2H3. The van der Waals surface area contributed by atoms with E-state index in [2.05, 4.69) is 46.9 Å². The molecule has 0 spiro atoms. The highest BCUT2D eigenvalue weighted by Crippen LogP contribution is 2.36. The summed E-state index contributed by atoms with van der Waals surface area (Å²) in [6.45, 7) is 4.00. The van der Waals surface area contributed by atoms with Crippen LogP contribution in [0.25, 0.3) is 10.9 Å². The van der Waals surface area contributed by atoms with Gasteiger partial charge < -0.3 is 9.47 Å². The molecule has 1 aliphatic carbocycles. The average Bonchev–Trinajstić information content (AvgIpc) is 2.74. The maximum absolute atomic E-state index is 4.15.